The number of carbonyl (C=O) groups is 3. The third-order valence-electron chi connectivity index (χ3n) is 9.43. The Morgan fingerprint density at radius 1 is 1.28 bits per heavy atom. The lowest BCUT2D eigenvalue weighted by Crippen LogP contribution is -2.72. The molecule has 10 nitrogen and oxygen atoms in total. The number of piperazine rings is 1. The molecule has 3 saturated heterocycles. The fourth-order valence-electron chi connectivity index (χ4n) is 7.63. The average molecular weight is 534 g/mol. The summed E-state index contributed by atoms with van der Waals surface area (Å²) in [4.78, 5) is 49.4. The quantitative estimate of drug-likeness (QED) is 0.549. The molecule has 2 aromatic rings. The molecule has 1 aromatic heterocycles. The number of H-pyrrole nitrogens is 1. The number of likely N-dealkylation sites (N-methyl/N-ethyl adjacent to an activating group) is 1. The van der Waals surface area contributed by atoms with Gasteiger partial charge in [-0.15, -0.1) is 0 Å². The van der Waals surface area contributed by atoms with Gasteiger partial charge in [0, 0.05) is 36.2 Å². The van der Waals surface area contributed by atoms with Gasteiger partial charge in [0.05, 0.1) is 5.92 Å². The molecule has 39 heavy (non-hydrogen) atoms. The molecule has 0 radical (unpaired) electrons. The Morgan fingerprint density at radius 3 is 2.85 bits per heavy atom. The molecule has 4 aliphatic heterocycles. The minimum atomic E-state index is -1.99. The van der Waals surface area contributed by atoms with Crippen LogP contribution in [0.3, 0.4) is 0 Å². The number of carbonyl (C=O) groups excluding carboxylic acids is 3. The second kappa shape index (κ2) is 8.16. The average Bonchev–Trinajstić information content (AvgIpc) is 3.59. The number of nitrogens with one attached hydrogen (secondary N) is 2. The second-order valence-electron chi connectivity index (χ2n) is 12.3. The minimum absolute atomic E-state index is 0.156. The molecule has 206 valence electrons. The van der Waals surface area contributed by atoms with E-state index in [1.807, 2.05) is 33.0 Å². The van der Waals surface area contributed by atoms with Gasteiger partial charge in [0.2, 0.25) is 17.5 Å². The molecule has 5 heterocycles. The molecular formula is C29H35N5O5. The summed E-state index contributed by atoms with van der Waals surface area (Å²) >= 11 is 0. The van der Waals surface area contributed by atoms with Crippen molar-refractivity contribution in [2.75, 3.05) is 20.1 Å². The van der Waals surface area contributed by atoms with Gasteiger partial charge in [0.25, 0.3) is 11.8 Å². The van der Waals surface area contributed by atoms with Crippen LogP contribution in [0.15, 0.2) is 30.5 Å². The van der Waals surface area contributed by atoms with Gasteiger partial charge in [0.15, 0.2) is 0 Å². The van der Waals surface area contributed by atoms with E-state index in [0.717, 1.165) is 29.5 Å². The molecular weight excluding hydrogens is 498 g/mol. The summed E-state index contributed by atoms with van der Waals surface area (Å²) in [5.41, 5.74) is 2.78. The topological polar surface area (TPSA) is 118 Å². The highest BCUT2D eigenvalue weighted by Crippen LogP contribution is 2.47. The van der Waals surface area contributed by atoms with Crippen molar-refractivity contribution < 1.29 is 24.2 Å². The highest BCUT2D eigenvalue weighted by molar-refractivity contribution is 6.00. The molecule has 3 N–H and O–H groups in total. The summed E-state index contributed by atoms with van der Waals surface area (Å²) < 4.78 is 6.14. The number of hydrogen-bond donors (Lipinski definition) is 3. The summed E-state index contributed by atoms with van der Waals surface area (Å²) in [6.45, 7) is 6.18. The molecule has 1 aliphatic carbocycles. The smallest absolute Gasteiger partial charge is 0.280 e. The molecule has 10 heteroatoms. The fraction of sp³-hybridized carbons (Fsp3) is 0.552. The van der Waals surface area contributed by atoms with E-state index in [0.29, 0.717) is 19.5 Å². The minimum Gasteiger partial charge on any atom is -0.361 e. The Kier molecular flexibility index (Phi) is 5.19. The van der Waals surface area contributed by atoms with Crippen LogP contribution >= 0.6 is 0 Å². The lowest BCUT2D eigenvalue weighted by Gasteiger charge is -2.49. The Morgan fingerprint density at radius 2 is 2.08 bits per heavy atom. The third kappa shape index (κ3) is 3.28. The van der Waals surface area contributed by atoms with E-state index in [1.165, 1.54) is 22.8 Å². The van der Waals surface area contributed by atoms with E-state index < -0.39 is 35.5 Å². The first-order valence-electron chi connectivity index (χ1n) is 13.9. The van der Waals surface area contributed by atoms with Crippen LogP contribution in [-0.2, 0) is 25.5 Å². The first-order valence-corrected chi connectivity index (χ1v) is 13.9. The molecule has 6 atom stereocenters. The van der Waals surface area contributed by atoms with Crippen LogP contribution in [0.5, 0.6) is 0 Å². The molecule has 0 spiro atoms. The fourth-order valence-corrected chi connectivity index (χ4v) is 7.63. The number of nitrogens with zero attached hydrogens (tertiary/aromatic N) is 3. The largest absolute Gasteiger partial charge is 0.361 e. The number of benzene rings is 1. The van der Waals surface area contributed by atoms with Crippen molar-refractivity contribution >= 4 is 34.2 Å². The number of fused-ring (bicyclic) bond motifs is 5. The maximum absolute atomic E-state index is 13.9. The highest BCUT2D eigenvalue weighted by Gasteiger charge is 2.70. The molecule has 3 amide bonds. The molecule has 0 saturated carbocycles. The van der Waals surface area contributed by atoms with Crippen LogP contribution in [0.4, 0.5) is 0 Å². The summed E-state index contributed by atoms with van der Waals surface area (Å²) in [7, 11) is 2.02. The predicted octanol–water partition coefficient (Wildman–Crippen LogP) is 1.40. The van der Waals surface area contributed by atoms with Gasteiger partial charge in [0.1, 0.15) is 12.1 Å². The number of rotatable bonds is 3. The molecule has 5 aliphatic rings. The SMILES string of the molecule is CC(C)C1C(=O)N2CCCC2C2(O)OC(C)(NC(=O)C3C=C4c5cccc6[nH]cc(c56)CC4N(C)C3)C(=O)N12. The first kappa shape index (κ1) is 24.8. The van der Waals surface area contributed by atoms with Crippen LogP contribution in [0, 0.1) is 11.8 Å². The van der Waals surface area contributed by atoms with Crippen molar-refractivity contribution in [3.05, 3.63) is 41.6 Å². The zero-order valence-corrected chi connectivity index (χ0v) is 22.7. The Balaban J connectivity index is 1.21. The maximum atomic E-state index is 13.9. The molecule has 3 fully saturated rings. The van der Waals surface area contributed by atoms with Crippen LogP contribution in [-0.4, -0.2) is 92.4 Å². The van der Waals surface area contributed by atoms with Gasteiger partial charge < -0.3 is 20.3 Å². The van der Waals surface area contributed by atoms with E-state index in [1.54, 1.807) is 4.90 Å². The normalized spacial score (nSPS) is 35.8. The molecule has 0 bridgehead atoms. The lowest BCUT2D eigenvalue weighted by atomic mass is 9.79. The lowest BCUT2D eigenvalue weighted by molar-refractivity contribution is -0.317. The van der Waals surface area contributed by atoms with Crippen LogP contribution in [0.2, 0.25) is 0 Å². The van der Waals surface area contributed by atoms with E-state index in [-0.39, 0.29) is 23.8 Å². The van der Waals surface area contributed by atoms with Crippen molar-refractivity contribution in [3.63, 3.8) is 0 Å². The maximum Gasteiger partial charge on any atom is 0.280 e. The summed E-state index contributed by atoms with van der Waals surface area (Å²) in [6, 6.07) is 4.81. The summed E-state index contributed by atoms with van der Waals surface area (Å²) in [6.07, 6.45) is 6.19. The van der Waals surface area contributed by atoms with Crippen LogP contribution < -0.4 is 5.32 Å². The van der Waals surface area contributed by atoms with Gasteiger partial charge in [-0.25, -0.2) is 0 Å². The Hall–Kier alpha value is -3.21. The number of aromatic amines is 1. The second-order valence-corrected chi connectivity index (χ2v) is 12.3. The molecule has 7 rings (SSSR count). The van der Waals surface area contributed by atoms with E-state index in [2.05, 4.69) is 33.5 Å². The zero-order chi connectivity index (χ0) is 27.4. The Bertz CT molecular complexity index is 1450. The van der Waals surface area contributed by atoms with Crippen molar-refractivity contribution in [3.8, 4) is 0 Å². The predicted molar refractivity (Wildman–Crippen MR) is 143 cm³/mol. The molecule has 6 unspecified atom stereocenters. The number of aliphatic hydroxyl groups is 1. The summed E-state index contributed by atoms with van der Waals surface area (Å²) in [5, 5.41) is 15.9. The number of hydrogen-bond acceptors (Lipinski definition) is 6. The van der Waals surface area contributed by atoms with Crippen molar-refractivity contribution in [2.45, 2.75) is 69.8 Å². The third-order valence-corrected chi connectivity index (χ3v) is 9.43. The van der Waals surface area contributed by atoms with Gasteiger partial charge in [-0.2, -0.15) is 0 Å². The highest BCUT2D eigenvalue weighted by atomic mass is 16.7. The van der Waals surface area contributed by atoms with Crippen LogP contribution in [0.25, 0.3) is 16.5 Å². The van der Waals surface area contributed by atoms with Gasteiger partial charge >= 0.3 is 0 Å². The molecule has 1 aromatic carbocycles. The summed E-state index contributed by atoms with van der Waals surface area (Å²) in [5.74, 6) is -3.87. The van der Waals surface area contributed by atoms with E-state index >= 15 is 0 Å². The van der Waals surface area contributed by atoms with Gasteiger partial charge in [-0.05, 0) is 61.9 Å². The van der Waals surface area contributed by atoms with E-state index in [4.69, 9.17) is 4.74 Å². The van der Waals surface area contributed by atoms with Crippen molar-refractivity contribution in [1.29, 1.82) is 0 Å². The first-order chi connectivity index (χ1) is 18.5. The number of amides is 3. The van der Waals surface area contributed by atoms with Crippen molar-refractivity contribution in [1.82, 2.24) is 25.0 Å². The van der Waals surface area contributed by atoms with Gasteiger partial charge in [-0.1, -0.05) is 32.1 Å². The van der Waals surface area contributed by atoms with Crippen molar-refractivity contribution in [2.24, 2.45) is 11.8 Å². The Labute approximate surface area is 226 Å². The number of ether oxygens (including phenoxy) is 1. The standard InChI is InChI=1S/C29H35N5O5/c1-15(2)24-26(36)33-10-6-9-22(33)29(38)34(24)27(37)28(3,39-29)31-25(35)17-11-19-18-7-5-8-20-23(18)16(13-30-20)12-21(19)32(4)14-17/h5,7-8,11,13,15,17,21-22,24,30,38H,6,9-10,12,14H2,1-4H3,(H,31,35). The van der Waals surface area contributed by atoms with Crippen LogP contribution in [0.1, 0.15) is 44.7 Å². The monoisotopic (exact) mass is 533 g/mol. The van der Waals surface area contributed by atoms with Gasteiger partial charge in [-0.3, -0.25) is 28.9 Å². The van der Waals surface area contributed by atoms with E-state index in [9.17, 15) is 19.5 Å². The zero-order valence-electron chi connectivity index (χ0n) is 22.7. The number of aromatic nitrogens is 1.